The quantitative estimate of drug-likeness (QED) is 0.188. The second kappa shape index (κ2) is 7.88. The van der Waals surface area contributed by atoms with Crippen LogP contribution in [-0.4, -0.2) is 70.6 Å². The van der Waals surface area contributed by atoms with Crippen molar-refractivity contribution in [3.8, 4) is 0 Å². The van der Waals surface area contributed by atoms with Gasteiger partial charge in [-0.05, 0) is 6.92 Å². The Morgan fingerprint density at radius 1 is 1.26 bits per heavy atom. The van der Waals surface area contributed by atoms with E-state index >= 15 is 0 Å². The van der Waals surface area contributed by atoms with Gasteiger partial charge in [0.2, 0.25) is 6.29 Å². The number of aliphatic hydroxyl groups is 4. The molecule has 0 aromatic heterocycles. The van der Waals surface area contributed by atoms with Crippen LogP contribution in [0.3, 0.4) is 0 Å². The van der Waals surface area contributed by atoms with Crippen LogP contribution in [0.1, 0.15) is 6.92 Å². The highest BCUT2D eigenvalue weighted by molar-refractivity contribution is 4.88. The summed E-state index contributed by atoms with van der Waals surface area (Å²) < 4.78 is 10.1. The molecule has 0 aromatic carbocycles. The van der Waals surface area contributed by atoms with Gasteiger partial charge >= 0.3 is 0 Å². The largest absolute Gasteiger partial charge is 0.394 e. The summed E-state index contributed by atoms with van der Waals surface area (Å²) in [6.45, 7) is 4.72. The molecule has 6 atom stereocenters. The van der Waals surface area contributed by atoms with Crippen LogP contribution in [0.2, 0.25) is 0 Å². The van der Waals surface area contributed by atoms with E-state index in [0.717, 1.165) is 0 Å². The van der Waals surface area contributed by atoms with Crippen LogP contribution in [0.15, 0.2) is 12.7 Å². The molecule has 0 bridgehead atoms. The van der Waals surface area contributed by atoms with Gasteiger partial charge in [-0.1, -0.05) is 6.08 Å². The van der Waals surface area contributed by atoms with Crippen LogP contribution in [0, 0.1) is 0 Å². The number of ether oxygens (including phenoxy) is 2. The first-order valence-corrected chi connectivity index (χ1v) is 5.86. The zero-order chi connectivity index (χ0) is 14.4. The smallest absolute Gasteiger partial charge is 0.220 e. The minimum atomic E-state index is -1.51. The number of rotatable bonds is 7. The van der Waals surface area contributed by atoms with Gasteiger partial charge in [-0.3, -0.25) is 0 Å². The Morgan fingerprint density at radius 3 is 2.53 bits per heavy atom. The number of hydrogen-bond acceptors (Lipinski definition) is 8. The Bertz CT molecular complexity index is 271. The van der Waals surface area contributed by atoms with E-state index in [1.807, 2.05) is 0 Å². The molecule has 112 valence electrons. The van der Waals surface area contributed by atoms with Gasteiger partial charge in [-0.2, -0.15) is 4.89 Å². The van der Waals surface area contributed by atoms with E-state index in [4.69, 9.17) is 24.4 Å². The van der Waals surface area contributed by atoms with E-state index in [2.05, 4.69) is 6.58 Å². The summed E-state index contributed by atoms with van der Waals surface area (Å²) in [5.41, 5.74) is 0. The molecule has 0 radical (unpaired) electrons. The fourth-order valence-corrected chi connectivity index (χ4v) is 1.51. The van der Waals surface area contributed by atoms with Crippen molar-refractivity contribution < 1.29 is 39.7 Å². The first-order chi connectivity index (χ1) is 9.01. The maximum absolute atomic E-state index is 9.63. The predicted molar refractivity (Wildman–Crippen MR) is 61.5 cm³/mol. The summed E-state index contributed by atoms with van der Waals surface area (Å²) in [6.07, 6.45) is -6.07. The van der Waals surface area contributed by atoms with Crippen molar-refractivity contribution in [1.82, 2.24) is 0 Å². The first kappa shape index (κ1) is 16.5. The molecule has 8 heteroatoms. The van der Waals surface area contributed by atoms with Gasteiger partial charge in [0.05, 0.1) is 13.2 Å². The van der Waals surface area contributed by atoms with Gasteiger partial charge in [-0.15, -0.1) is 6.58 Å². The lowest BCUT2D eigenvalue weighted by Crippen LogP contribution is -2.59. The first-order valence-electron chi connectivity index (χ1n) is 5.86. The minimum Gasteiger partial charge on any atom is -0.394 e. The van der Waals surface area contributed by atoms with E-state index in [-0.39, 0.29) is 6.61 Å². The van der Waals surface area contributed by atoms with Crippen molar-refractivity contribution in [1.29, 1.82) is 0 Å². The summed E-state index contributed by atoms with van der Waals surface area (Å²) >= 11 is 0. The van der Waals surface area contributed by atoms with Crippen molar-refractivity contribution in [3.63, 3.8) is 0 Å². The number of hydrogen-bond donors (Lipinski definition) is 4. The molecule has 4 N–H and O–H groups in total. The third-order valence-electron chi connectivity index (χ3n) is 2.58. The molecule has 1 heterocycles. The molecule has 0 saturated carbocycles. The normalized spacial score (nSPS) is 37.0. The molecular weight excluding hydrogens is 260 g/mol. The minimum absolute atomic E-state index is 0.249. The SMILES string of the molecule is C=CCOC(C)OOC1O[C@H](CO)[C@@H](O)[C@H](O)[C@H]1O. The molecule has 0 aromatic rings. The van der Waals surface area contributed by atoms with Crippen LogP contribution < -0.4 is 0 Å². The van der Waals surface area contributed by atoms with Gasteiger partial charge < -0.3 is 29.9 Å². The van der Waals surface area contributed by atoms with E-state index in [1.54, 1.807) is 6.92 Å². The van der Waals surface area contributed by atoms with Crippen molar-refractivity contribution in [3.05, 3.63) is 12.7 Å². The second-order valence-corrected chi connectivity index (χ2v) is 4.08. The zero-order valence-electron chi connectivity index (χ0n) is 10.6. The molecule has 2 unspecified atom stereocenters. The third-order valence-corrected chi connectivity index (χ3v) is 2.58. The Morgan fingerprint density at radius 2 is 1.95 bits per heavy atom. The van der Waals surface area contributed by atoms with Crippen LogP contribution in [0.5, 0.6) is 0 Å². The van der Waals surface area contributed by atoms with Crippen molar-refractivity contribution >= 4 is 0 Å². The predicted octanol–water partition coefficient (Wildman–Crippen LogP) is -1.72. The molecule has 1 saturated heterocycles. The molecule has 8 nitrogen and oxygen atoms in total. The molecular formula is C11H20O8. The highest BCUT2D eigenvalue weighted by Gasteiger charge is 2.44. The Balaban J connectivity index is 2.45. The molecule has 1 aliphatic rings. The highest BCUT2D eigenvalue weighted by Crippen LogP contribution is 2.22. The van der Waals surface area contributed by atoms with E-state index in [0.29, 0.717) is 0 Å². The standard InChI is InChI=1S/C11H20O8/c1-3-4-16-6(2)18-19-11-10(15)9(14)8(13)7(5-12)17-11/h3,6-15H,1,4-5H2,2H3/t6?,7-,8-,9+,10-,11?/m1/s1. The number of aliphatic hydroxyl groups excluding tert-OH is 4. The Kier molecular flexibility index (Phi) is 6.83. The average molecular weight is 280 g/mol. The molecule has 0 aliphatic carbocycles. The van der Waals surface area contributed by atoms with Crippen molar-refractivity contribution in [2.24, 2.45) is 0 Å². The van der Waals surface area contributed by atoms with Crippen molar-refractivity contribution in [2.75, 3.05) is 13.2 Å². The molecule has 0 spiro atoms. The molecule has 0 amide bonds. The Hall–Kier alpha value is -0.580. The third kappa shape index (κ3) is 4.48. The summed E-state index contributed by atoms with van der Waals surface area (Å²) in [5.74, 6) is 0. The van der Waals surface area contributed by atoms with Crippen LogP contribution in [0.25, 0.3) is 0 Å². The lowest BCUT2D eigenvalue weighted by molar-refractivity contribution is -0.461. The summed E-state index contributed by atoms with van der Waals surface area (Å²) in [6, 6.07) is 0. The van der Waals surface area contributed by atoms with E-state index in [9.17, 15) is 15.3 Å². The fourth-order valence-electron chi connectivity index (χ4n) is 1.51. The van der Waals surface area contributed by atoms with Crippen LogP contribution in [0.4, 0.5) is 0 Å². The summed E-state index contributed by atoms with van der Waals surface area (Å²) in [4.78, 5) is 9.59. The van der Waals surface area contributed by atoms with Crippen LogP contribution >= 0.6 is 0 Å². The van der Waals surface area contributed by atoms with Gasteiger partial charge in [0.25, 0.3) is 0 Å². The molecule has 1 aliphatic heterocycles. The second-order valence-electron chi connectivity index (χ2n) is 4.08. The van der Waals surface area contributed by atoms with Gasteiger partial charge in [0.15, 0.2) is 6.29 Å². The summed E-state index contributed by atoms with van der Waals surface area (Å²) in [7, 11) is 0. The summed E-state index contributed by atoms with van der Waals surface area (Å²) in [5, 5.41) is 37.6. The maximum Gasteiger partial charge on any atom is 0.220 e. The highest BCUT2D eigenvalue weighted by atomic mass is 17.2. The monoisotopic (exact) mass is 280 g/mol. The molecule has 1 rings (SSSR count). The topological polar surface area (TPSA) is 118 Å². The van der Waals surface area contributed by atoms with Crippen LogP contribution in [-0.2, 0) is 19.2 Å². The zero-order valence-corrected chi connectivity index (χ0v) is 10.6. The van der Waals surface area contributed by atoms with Gasteiger partial charge in [0, 0.05) is 0 Å². The molecule has 19 heavy (non-hydrogen) atoms. The fraction of sp³-hybridized carbons (Fsp3) is 0.818. The lowest BCUT2D eigenvalue weighted by Gasteiger charge is -2.38. The van der Waals surface area contributed by atoms with Gasteiger partial charge in [0.1, 0.15) is 24.4 Å². The maximum atomic E-state index is 9.63. The Labute approximate surface area is 110 Å². The van der Waals surface area contributed by atoms with E-state index < -0.39 is 43.6 Å². The van der Waals surface area contributed by atoms with E-state index in [1.165, 1.54) is 6.08 Å². The van der Waals surface area contributed by atoms with Gasteiger partial charge in [-0.25, -0.2) is 4.89 Å². The van der Waals surface area contributed by atoms with Crippen molar-refractivity contribution in [2.45, 2.75) is 43.9 Å². The average Bonchev–Trinajstić information content (AvgIpc) is 2.41. The molecule has 1 fully saturated rings. The lowest BCUT2D eigenvalue weighted by atomic mass is 9.99.